The predicted octanol–water partition coefficient (Wildman–Crippen LogP) is 1.42. The van der Waals surface area contributed by atoms with Crippen LogP contribution in [0.2, 0.25) is 0 Å². The van der Waals surface area contributed by atoms with Gasteiger partial charge in [-0.1, -0.05) is 30.3 Å². The number of hydrogen-bond donors (Lipinski definition) is 1. The fourth-order valence-electron chi connectivity index (χ4n) is 1.22. The van der Waals surface area contributed by atoms with E-state index in [9.17, 15) is 4.79 Å². The minimum absolute atomic E-state index is 0.0870. The summed E-state index contributed by atoms with van der Waals surface area (Å²) in [5, 5.41) is 0. The minimum atomic E-state index is -0.613. The Morgan fingerprint density at radius 1 is 1.36 bits per heavy atom. The van der Waals surface area contributed by atoms with Crippen LogP contribution < -0.4 is 5.73 Å². The number of carbonyl (C=O) groups excluding carboxylic acids is 1. The second kappa shape index (κ2) is 4.24. The summed E-state index contributed by atoms with van der Waals surface area (Å²) in [5.41, 5.74) is 5.53. The van der Waals surface area contributed by atoms with Crippen LogP contribution in [0.4, 0.5) is 0 Å². The Hall–Kier alpha value is -1.35. The van der Waals surface area contributed by atoms with Crippen LogP contribution in [0.1, 0.15) is 19.4 Å². The van der Waals surface area contributed by atoms with Crippen LogP contribution in [0.3, 0.4) is 0 Å². The topological polar surface area (TPSA) is 52.3 Å². The first-order chi connectivity index (χ1) is 6.56. The molecule has 0 aliphatic rings. The van der Waals surface area contributed by atoms with Crippen molar-refractivity contribution in [1.29, 1.82) is 0 Å². The van der Waals surface area contributed by atoms with Crippen molar-refractivity contribution in [2.24, 2.45) is 5.73 Å². The molecule has 14 heavy (non-hydrogen) atoms. The molecule has 0 saturated carbocycles. The molecule has 0 spiro atoms. The Morgan fingerprint density at radius 2 is 1.93 bits per heavy atom. The van der Waals surface area contributed by atoms with Crippen LogP contribution in [-0.2, 0) is 15.1 Å². The van der Waals surface area contributed by atoms with E-state index in [1.165, 1.54) is 0 Å². The van der Waals surface area contributed by atoms with Crippen molar-refractivity contribution < 1.29 is 9.53 Å². The van der Waals surface area contributed by atoms with Gasteiger partial charge in [-0.2, -0.15) is 0 Å². The number of ether oxygens (including phenoxy) is 1. The number of benzene rings is 1. The molecule has 1 rings (SSSR count). The lowest BCUT2D eigenvalue weighted by Gasteiger charge is -2.25. The molecular weight excluding hydrogens is 178 g/mol. The Labute approximate surface area is 83.9 Å². The average molecular weight is 193 g/mol. The Kier molecular flexibility index (Phi) is 3.25. The number of rotatable bonds is 3. The molecule has 0 unspecified atom stereocenters. The van der Waals surface area contributed by atoms with Crippen molar-refractivity contribution in [2.75, 3.05) is 6.54 Å². The molecule has 0 atom stereocenters. The van der Waals surface area contributed by atoms with Crippen LogP contribution in [0.25, 0.3) is 0 Å². The van der Waals surface area contributed by atoms with E-state index in [1.54, 1.807) is 0 Å². The van der Waals surface area contributed by atoms with Crippen LogP contribution in [0.15, 0.2) is 30.3 Å². The zero-order valence-corrected chi connectivity index (χ0v) is 8.49. The van der Waals surface area contributed by atoms with Crippen LogP contribution in [0, 0.1) is 0 Å². The largest absolute Gasteiger partial charge is 0.454 e. The maximum Gasteiger partial charge on any atom is 0.320 e. The van der Waals surface area contributed by atoms with Gasteiger partial charge in [0.2, 0.25) is 0 Å². The fourth-order valence-corrected chi connectivity index (χ4v) is 1.22. The highest BCUT2D eigenvalue weighted by molar-refractivity contribution is 5.72. The Morgan fingerprint density at radius 3 is 2.43 bits per heavy atom. The van der Waals surface area contributed by atoms with Gasteiger partial charge >= 0.3 is 5.97 Å². The van der Waals surface area contributed by atoms with Gasteiger partial charge < -0.3 is 10.5 Å². The van der Waals surface area contributed by atoms with Crippen molar-refractivity contribution in [2.45, 2.75) is 19.4 Å². The summed E-state index contributed by atoms with van der Waals surface area (Å²) >= 11 is 0. The van der Waals surface area contributed by atoms with Crippen molar-refractivity contribution in [1.82, 2.24) is 0 Å². The summed E-state index contributed by atoms with van der Waals surface area (Å²) in [5.74, 6) is -0.390. The number of esters is 1. The number of nitrogens with two attached hydrogens (primary N) is 1. The molecule has 0 aromatic heterocycles. The molecule has 0 bridgehead atoms. The molecule has 3 heteroatoms. The second-order valence-electron chi connectivity index (χ2n) is 3.55. The van der Waals surface area contributed by atoms with Gasteiger partial charge in [-0.15, -0.1) is 0 Å². The molecule has 1 aromatic carbocycles. The summed E-state index contributed by atoms with van der Waals surface area (Å²) in [7, 11) is 0. The van der Waals surface area contributed by atoms with Crippen LogP contribution >= 0.6 is 0 Å². The van der Waals surface area contributed by atoms with E-state index >= 15 is 0 Å². The van der Waals surface area contributed by atoms with Crippen molar-refractivity contribution in [3.63, 3.8) is 0 Å². The zero-order valence-electron chi connectivity index (χ0n) is 8.49. The molecule has 0 aliphatic carbocycles. The molecule has 0 saturated heterocycles. The van der Waals surface area contributed by atoms with Crippen LogP contribution in [-0.4, -0.2) is 12.5 Å². The van der Waals surface area contributed by atoms with Crippen molar-refractivity contribution in [3.8, 4) is 0 Å². The smallest absolute Gasteiger partial charge is 0.320 e. The monoisotopic (exact) mass is 193 g/mol. The van der Waals surface area contributed by atoms with E-state index in [-0.39, 0.29) is 12.5 Å². The van der Waals surface area contributed by atoms with Crippen LogP contribution in [0.5, 0.6) is 0 Å². The van der Waals surface area contributed by atoms with Gasteiger partial charge in [-0.25, -0.2) is 0 Å². The molecule has 1 aromatic rings. The first-order valence-electron chi connectivity index (χ1n) is 4.53. The highest BCUT2D eigenvalue weighted by Crippen LogP contribution is 2.23. The van der Waals surface area contributed by atoms with Crippen molar-refractivity contribution in [3.05, 3.63) is 35.9 Å². The van der Waals surface area contributed by atoms with Gasteiger partial charge in [-0.05, 0) is 19.4 Å². The third-order valence-electron chi connectivity index (χ3n) is 2.00. The third-order valence-corrected chi connectivity index (χ3v) is 2.00. The summed E-state index contributed by atoms with van der Waals surface area (Å²) < 4.78 is 5.21. The molecule has 0 radical (unpaired) electrons. The van der Waals surface area contributed by atoms with Gasteiger partial charge in [0.05, 0.1) is 6.54 Å². The lowest BCUT2D eigenvalue weighted by Crippen LogP contribution is -2.29. The van der Waals surface area contributed by atoms with E-state index in [4.69, 9.17) is 10.5 Å². The summed E-state index contributed by atoms with van der Waals surface area (Å²) in [6.07, 6.45) is 0. The highest BCUT2D eigenvalue weighted by atomic mass is 16.6. The Bertz CT molecular complexity index is 306. The molecule has 76 valence electrons. The molecular formula is C11H15NO2. The maximum absolute atomic E-state index is 11.1. The number of carbonyl (C=O) groups is 1. The van der Waals surface area contributed by atoms with E-state index in [0.717, 1.165) is 5.56 Å². The average Bonchev–Trinajstić information content (AvgIpc) is 2.18. The molecule has 0 fully saturated rings. The van der Waals surface area contributed by atoms with E-state index in [2.05, 4.69) is 0 Å². The molecule has 0 aliphatic heterocycles. The third kappa shape index (κ3) is 2.57. The summed E-state index contributed by atoms with van der Waals surface area (Å²) in [6.45, 7) is 3.60. The van der Waals surface area contributed by atoms with E-state index < -0.39 is 5.60 Å². The first-order valence-corrected chi connectivity index (χ1v) is 4.53. The van der Waals surface area contributed by atoms with Gasteiger partial charge in [0.25, 0.3) is 0 Å². The predicted molar refractivity (Wildman–Crippen MR) is 54.6 cm³/mol. The highest BCUT2D eigenvalue weighted by Gasteiger charge is 2.24. The lowest BCUT2D eigenvalue weighted by atomic mass is 9.98. The van der Waals surface area contributed by atoms with E-state index in [0.29, 0.717) is 0 Å². The summed E-state index contributed by atoms with van der Waals surface area (Å²) in [4.78, 5) is 11.1. The molecule has 2 N–H and O–H groups in total. The standard InChI is InChI=1S/C11H15NO2/c1-11(2,14-10(13)8-12)9-6-4-3-5-7-9/h3-7H,8,12H2,1-2H3. The first kappa shape index (κ1) is 10.7. The van der Waals surface area contributed by atoms with Gasteiger partial charge in [-0.3, -0.25) is 4.79 Å². The number of hydrogen-bond acceptors (Lipinski definition) is 3. The van der Waals surface area contributed by atoms with Gasteiger partial charge in [0, 0.05) is 0 Å². The Balaban J connectivity index is 2.80. The minimum Gasteiger partial charge on any atom is -0.454 e. The fraction of sp³-hybridized carbons (Fsp3) is 0.364. The SMILES string of the molecule is CC(C)(OC(=O)CN)c1ccccc1. The molecule has 0 heterocycles. The zero-order chi connectivity index (χ0) is 10.6. The molecule has 3 nitrogen and oxygen atoms in total. The lowest BCUT2D eigenvalue weighted by molar-refractivity contribution is -0.155. The summed E-state index contributed by atoms with van der Waals surface area (Å²) in [6, 6.07) is 9.58. The normalized spacial score (nSPS) is 11.1. The van der Waals surface area contributed by atoms with Crippen molar-refractivity contribution >= 4 is 5.97 Å². The second-order valence-corrected chi connectivity index (χ2v) is 3.55. The van der Waals surface area contributed by atoms with Gasteiger partial charge in [0.1, 0.15) is 5.60 Å². The van der Waals surface area contributed by atoms with Gasteiger partial charge in [0.15, 0.2) is 0 Å². The van der Waals surface area contributed by atoms with E-state index in [1.807, 2.05) is 44.2 Å². The maximum atomic E-state index is 11.1. The molecule has 0 amide bonds. The quantitative estimate of drug-likeness (QED) is 0.739.